The fourth-order valence-electron chi connectivity index (χ4n) is 1.37. The van der Waals surface area contributed by atoms with E-state index in [0.29, 0.717) is 5.95 Å². The number of nitrogens with zero attached hydrogens (tertiary/aromatic N) is 4. The van der Waals surface area contributed by atoms with E-state index in [2.05, 4.69) is 24.8 Å². The van der Waals surface area contributed by atoms with Gasteiger partial charge >= 0.3 is 0 Å². The standard InChI is InChI=1S/C9H8N6S3/c1-4-11-9(18-15-4)17-7-5-2-3-16-6(5)12-8(13-7)14-10/h2-3H,10H2,1H3,(H,12,13,14). The fraction of sp³-hybridized carbons (Fsp3) is 0.111. The van der Waals surface area contributed by atoms with Gasteiger partial charge in [0, 0.05) is 5.39 Å². The van der Waals surface area contributed by atoms with Crippen LogP contribution in [0.25, 0.3) is 10.2 Å². The van der Waals surface area contributed by atoms with Crippen LogP contribution in [0.4, 0.5) is 5.95 Å². The quantitative estimate of drug-likeness (QED) is 0.435. The molecule has 0 unspecified atom stereocenters. The minimum Gasteiger partial charge on any atom is -0.292 e. The summed E-state index contributed by atoms with van der Waals surface area (Å²) in [7, 11) is 0. The summed E-state index contributed by atoms with van der Waals surface area (Å²) < 4.78 is 5.01. The normalized spacial score (nSPS) is 11.0. The van der Waals surface area contributed by atoms with Gasteiger partial charge in [-0.3, -0.25) is 5.43 Å². The first-order chi connectivity index (χ1) is 8.76. The Kier molecular flexibility index (Phi) is 3.12. The minimum atomic E-state index is 0.411. The number of hydrogen-bond donors (Lipinski definition) is 2. The number of hydrazine groups is 1. The molecular weight excluding hydrogens is 288 g/mol. The lowest BCUT2D eigenvalue weighted by Crippen LogP contribution is -2.10. The number of aryl methyl sites for hydroxylation is 1. The Morgan fingerprint density at radius 1 is 1.33 bits per heavy atom. The van der Waals surface area contributed by atoms with Gasteiger partial charge in [-0.15, -0.1) is 11.3 Å². The highest BCUT2D eigenvalue weighted by molar-refractivity contribution is 8.01. The van der Waals surface area contributed by atoms with Gasteiger partial charge in [0.15, 0.2) is 4.34 Å². The van der Waals surface area contributed by atoms with Crippen molar-refractivity contribution in [2.24, 2.45) is 5.84 Å². The van der Waals surface area contributed by atoms with Crippen LogP contribution < -0.4 is 11.3 Å². The summed E-state index contributed by atoms with van der Waals surface area (Å²) in [6.45, 7) is 1.87. The molecule has 0 spiro atoms. The zero-order valence-electron chi connectivity index (χ0n) is 9.25. The molecule has 0 aliphatic heterocycles. The van der Waals surface area contributed by atoms with E-state index in [4.69, 9.17) is 5.84 Å². The Morgan fingerprint density at radius 3 is 2.94 bits per heavy atom. The molecule has 0 amide bonds. The van der Waals surface area contributed by atoms with Gasteiger partial charge in [0.25, 0.3) is 0 Å². The Bertz CT molecular complexity index is 690. The van der Waals surface area contributed by atoms with E-state index >= 15 is 0 Å². The number of nitrogen functional groups attached to an aromatic ring is 1. The summed E-state index contributed by atoms with van der Waals surface area (Å²) >= 11 is 4.39. The van der Waals surface area contributed by atoms with E-state index < -0.39 is 0 Å². The van der Waals surface area contributed by atoms with Crippen molar-refractivity contribution in [3.05, 3.63) is 17.3 Å². The predicted molar refractivity (Wildman–Crippen MR) is 74.0 cm³/mol. The van der Waals surface area contributed by atoms with E-state index in [1.165, 1.54) is 23.3 Å². The molecule has 3 heterocycles. The molecule has 3 aromatic rings. The van der Waals surface area contributed by atoms with Crippen molar-refractivity contribution in [3.63, 3.8) is 0 Å². The van der Waals surface area contributed by atoms with Crippen molar-refractivity contribution in [1.29, 1.82) is 0 Å². The number of hydrogen-bond acceptors (Lipinski definition) is 9. The first-order valence-electron chi connectivity index (χ1n) is 4.96. The Hall–Kier alpha value is -1.29. The molecule has 6 nitrogen and oxygen atoms in total. The van der Waals surface area contributed by atoms with E-state index in [-0.39, 0.29) is 0 Å². The van der Waals surface area contributed by atoms with E-state index in [1.807, 2.05) is 18.4 Å². The fourth-order valence-corrected chi connectivity index (χ4v) is 3.87. The molecule has 0 aliphatic rings. The number of nitrogens with one attached hydrogen (secondary N) is 1. The molecule has 0 radical (unpaired) electrons. The summed E-state index contributed by atoms with van der Waals surface area (Å²) in [4.78, 5) is 13.9. The molecule has 0 atom stereocenters. The first-order valence-corrected chi connectivity index (χ1v) is 7.43. The van der Waals surface area contributed by atoms with Crippen LogP contribution in [0.2, 0.25) is 0 Å². The third-order valence-electron chi connectivity index (χ3n) is 2.11. The highest BCUT2D eigenvalue weighted by Crippen LogP contribution is 2.34. The zero-order valence-corrected chi connectivity index (χ0v) is 11.7. The summed E-state index contributed by atoms with van der Waals surface area (Å²) in [6, 6.07) is 2.00. The molecule has 0 saturated heterocycles. The van der Waals surface area contributed by atoms with Crippen LogP contribution in [-0.2, 0) is 0 Å². The average molecular weight is 296 g/mol. The smallest absolute Gasteiger partial charge is 0.239 e. The molecular formula is C9H8N6S3. The molecule has 0 bridgehead atoms. The summed E-state index contributed by atoms with van der Waals surface area (Å²) in [6.07, 6.45) is 0. The van der Waals surface area contributed by atoms with Gasteiger partial charge in [0.1, 0.15) is 15.7 Å². The highest BCUT2D eigenvalue weighted by atomic mass is 32.2. The summed E-state index contributed by atoms with van der Waals surface area (Å²) in [5, 5.41) is 3.83. The van der Waals surface area contributed by atoms with Gasteiger partial charge in [-0.2, -0.15) is 4.37 Å². The topological polar surface area (TPSA) is 89.6 Å². The van der Waals surface area contributed by atoms with Crippen LogP contribution in [0.1, 0.15) is 5.82 Å². The van der Waals surface area contributed by atoms with Gasteiger partial charge in [-0.25, -0.2) is 20.8 Å². The molecule has 9 heteroatoms. The average Bonchev–Trinajstić information content (AvgIpc) is 2.98. The molecule has 0 saturated carbocycles. The molecule has 92 valence electrons. The number of thiophene rings is 1. The third kappa shape index (κ3) is 2.17. The van der Waals surface area contributed by atoms with Gasteiger partial charge in [-0.1, -0.05) is 0 Å². The Balaban J connectivity index is 2.06. The second-order valence-corrected chi connectivity index (χ2v) is 6.23. The monoisotopic (exact) mass is 296 g/mol. The molecule has 3 rings (SSSR count). The lowest BCUT2D eigenvalue weighted by molar-refractivity contribution is 1.07. The number of anilines is 1. The van der Waals surface area contributed by atoms with Crippen molar-refractivity contribution in [1.82, 2.24) is 19.3 Å². The Morgan fingerprint density at radius 2 is 2.22 bits per heavy atom. The number of aromatic nitrogens is 4. The van der Waals surface area contributed by atoms with Gasteiger partial charge in [-0.05, 0) is 41.7 Å². The maximum absolute atomic E-state index is 5.37. The van der Waals surface area contributed by atoms with E-state index in [0.717, 1.165) is 25.4 Å². The number of rotatable bonds is 3. The van der Waals surface area contributed by atoms with Gasteiger partial charge < -0.3 is 0 Å². The summed E-state index contributed by atoms with van der Waals surface area (Å²) in [5.74, 6) is 6.56. The zero-order chi connectivity index (χ0) is 12.5. The van der Waals surface area contributed by atoms with Crippen LogP contribution in [-0.4, -0.2) is 19.3 Å². The SMILES string of the molecule is Cc1nsc(Sc2nc(NN)nc3sccc23)n1. The third-order valence-corrected chi connectivity index (χ3v) is 4.77. The second kappa shape index (κ2) is 4.76. The molecule has 0 fully saturated rings. The van der Waals surface area contributed by atoms with Crippen LogP contribution in [0, 0.1) is 6.92 Å². The maximum Gasteiger partial charge on any atom is 0.239 e. The highest BCUT2D eigenvalue weighted by Gasteiger charge is 2.12. The molecule has 3 N–H and O–H groups in total. The number of nitrogens with two attached hydrogens (primary N) is 1. The predicted octanol–water partition coefficient (Wildman–Crippen LogP) is 2.29. The van der Waals surface area contributed by atoms with E-state index in [1.54, 1.807) is 11.3 Å². The van der Waals surface area contributed by atoms with E-state index in [9.17, 15) is 0 Å². The lowest BCUT2D eigenvalue weighted by atomic mass is 10.4. The minimum absolute atomic E-state index is 0.411. The second-order valence-electron chi connectivity index (χ2n) is 3.35. The van der Waals surface area contributed by atoms with Crippen molar-refractivity contribution in [2.45, 2.75) is 16.3 Å². The van der Waals surface area contributed by atoms with Crippen molar-refractivity contribution >= 4 is 50.8 Å². The van der Waals surface area contributed by atoms with Crippen molar-refractivity contribution in [2.75, 3.05) is 5.43 Å². The van der Waals surface area contributed by atoms with Crippen molar-refractivity contribution in [3.8, 4) is 0 Å². The van der Waals surface area contributed by atoms with Crippen LogP contribution >= 0.6 is 34.6 Å². The number of fused-ring (bicyclic) bond motifs is 1. The molecule has 3 aromatic heterocycles. The molecule has 0 aliphatic carbocycles. The van der Waals surface area contributed by atoms with Crippen LogP contribution in [0.5, 0.6) is 0 Å². The summed E-state index contributed by atoms with van der Waals surface area (Å²) in [5.41, 5.74) is 2.48. The molecule has 0 aromatic carbocycles. The van der Waals surface area contributed by atoms with Crippen molar-refractivity contribution < 1.29 is 0 Å². The van der Waals surface area contributed by atoms with Gasteiger partial charge in [0.2, 0.25) is 5.95 Å². The van der Waals surface area contributed by atoms with Crippen LogP contribution in [0.15, 0.2) is 20.8 Å². The maximum atomic E-state index is 5.37. The first kappa shape index (κ1) is 11.8. The largest absolute Gasteiger partial charge is 0.292 e. The molecule has 18 heavy (non-hydrogen) atoms. The Labute approximate surface area is 115 Å². The van der Waals surface area contributed by atoms with Gasteiger partial charge in [0.05, 0.1) is 0 Å². The lowest BCUT2D eigenvalue weighted by Gasteiger charge is -2.02. The van der Waals surface area contributed by atoms with Crippen LogP contribution in [0.3, 0.4) is 0 Å².